The summed E-state index contributed by atoms with van der Waals surface area (Å²) in [5.41, 5.74) is 0. The molecule has 2 unspecified atom stereocenters. The van der Waals surface area contributed by atoms with Gasteiger partial charge in [-0.1, -0.05) is 26.2 Å². The topological polar surface area (TPSA) is 66.5 Å². The number of carbonyl (C=O) groups excluding carboxylic acids is 1. The van der Waals surface area contributed by atoms with Crippen LogP contribution in [0.3, 0.4) is 0 Å². The van der Waals surface area contributed by atoms with E-state index in [4.69, 9.17) is 0 Å². The van der Waals surface area contributed by atoms with Gasteiger partial charge in [-0.15, -0.1) is 0 Å². The van der Waals surface area contributed by atoms with E-state index in [0.29, 0.717) is 12.5 Å². The van der Waals surface area contributed by atoms with Crippen molar-refractivity contribution in [2.75, 3.05) is 18.6 Å². The molecular formula is C14H26N2O3S. The van der Waals surface area contributed by atoms with Gasteiger partial charge in [0.15, 0.2) is 0 Å². The number of nitrogens with one attached hydrogen (secondary N) is 1. The van der Waals surface area contributed by atoms with Crippen LogP contribution in [0.4, 0.5) is 0 Å². The second kappa shape index (κ2) is 6.43. The van der Waals surface area contributed by atoms with Crippen molar-refractivity contribution in [1.82, 2.24) is 10.2 Å². The first-order valence-corrected chi connectivity index (χ1v) is 9.72. The highest BCUT2D eigenvalue weighted by Crippen LogP contribution is 2.32. The van der Waals surface area contributed by atoms with E-state index in [1.54, 1.807) is 4.90 Å². The van der Waals surface area contributed by atoms with Gasteiger partial charge >= 0.3 is 0 Å². The summed E-state index contributed by atoms with van der Waals surface area (Å²) in [5.74, 6) is 0.635. The predicted molar refractivity (Wildman–Crippen MR) is 79.0 cm³/mol. The average molecular weight is 302 g/mol. The highest BCUT2D eigenvalue weighted by atomic mass is 32.2. The van der Waals surface area contributed by atoms with Crippen LogP contribution >= 0.6 is 0 Å². The number of sulfone groups is 1. The molecule has 2 atom stereocenters. The molecule has 1 aliphatic carbocycles. The SMILES string of the molecule is CCCC1NC(C2CCCC2)N(CCS(C)(=O)=O)C1=O. The third kappa shape index (κ3) is 3.73. The molecular weight excluding hydrogens is 276 g/mol. The molecule has 1 aliphatic heterocycles. The van der Waals surface area contributed by atoms with E-state index >= 15 is 0 Å². The van der Waals surface area contributed by atoms with Crippen LogP contribution in [-0.4, -0.2) is 50.0 Å². The molecule has 5 nitrogen and oxygen atoms in total. The minimum Gasteiger partial charge on any atom is -0.324 e. The van der Waals surface area contributed by atoms with Crippen molar-refractivity contribution in [3.8, 4) is 0 Å². The summed E-state index contributed by atoms with van der Waals surface area (Å²) in [4.78, 5) is 14.2. The van der Waals surface area contributed by atoms with Gasteiger partial charge in [0.25, 0.3) is 0 Å². The predicted octanol–water partition coefficient (Wildman–Crippen LogP) is 1.15. The van der Waals surface area contributed by atoms with Gasteiger partial charge in [-0.05, 0) is 25.2 Å². The molecule has 2 rings (SSSR count). The van der Waals surface area contributed by atoms with Gasteiger partial charge in [0.2, 0.25) is 5.91 Å². The van der Waals surface area contributed by atoms with E-state index in [9.17, 15) is 13.2 Å². The molecule has 2 fully saturated rings. The third-order valence-electron chi connectivity index (χ3n) is 4.42. The Morgan fingerprint density at radius 3 is 2.50 bits per heavy atom. The second-order valence-electron chi connectivity index (χ2n) is 6.16. The standard InChI is InChI=1S/C14H26N2O3S/c1-3-6-12-14(17)16(9-10-20(2,18)19)13(15-12)11-7-4-5-8-11/h11-13,15H,3-10H2,1-2H3. The number of hydrogen-bond donors (Lipinski definition) is 1. The molecule has 1 saturated heterocycles. The summed E-state index contributed by atoms with van der Waals surface area (Å²) < 4.78 is 22.7. The number of amides is 1. The molecule has 1 heterocycles. The third-order valence-corrected chi connectivity index (χ3v) is 5.34. The number of carbonyl (C=O) groups is 1. The Balaban J connectivity index is 2.07. The summed E-state index contributed by atoms with van der Waals surface area (Å²) in [7, 11) is -3.03. The highest BCUT2D eigenvalue weighted by molar-refractivity contribution is 7.90. The zero-order valence-electron chi connectivity index (χ0n) is 12.5. The monoisotopic (exact) mass is 302 g/mol. The summed E-state index contributed by atoms with van der Waals surface area (Å²) in [6.45, 7) is 2.39. The van der Waals surface area contributed by atoms with Gasteiger partial charge in [0, 0.05) is 12.8 Å². The lowest BCUT2D eigenvalue weighted by molar-refractivity contribution is -0.130. The van der Waals surface area contributed by atoms with Crippen LogP contribution in [0.2, 0.25) is 0 Å². The Morgan fingerprint density at radius 2 is 1.95 bits per heavy atom. The van der Waals surface area contributed by atoms with Crippen molar-refractivity contribution in [3.63, 3.8) is 0 Å². The Kier molecular flexibility index (Phi) is 5.07. The maximum atomic E-state index is 12.4. The average Bonchev–Trinajstić information content (AvgIpc) is 2.96. The summed E-state index contributed by atoms with van der Waals surface area (Å²) in [6.07, 6.45) is 7.78. The quantitative estimate of drug-likeness (QED) is 0.799. The summed E-state index contributed by atoms with van der Waals surface area (Å²) in [5, 5.41) is 3.45. The van der Waals surface area contributed by atoms with Gasteiger partial charge in [-0.25, -0.2) is 8.42 Å². The Hall–Kier alpha value is -0.620. The molecule has 0 aromatic heterocycles. The van der Waals surface area contributed by atoms with Gasteiger partial charge in [-0.3, -0.25) is 10.1 Å². The minimum absolute atomic E-state index is 0.0447. The summed E-state index contributed by atoms with van der Waals surface area (Å²) in [6, 6.07) is -0.120. The molecule has 1 amide bonds. The molecule has 1 N–H and O–H groups in total. The Labute approximate surface area is 122 Å². The van der Waals surface area contributed by atoms with E-state index in [-0.39, 0.29) is 23.9 Å². The van der Waals surface area contributed by atoms with Crippen molar-refractivity contribution >= 4 is 15.7 Å². The lowest BCUT2D eigenvalue weighted by Crippen LogP contribution is -2.44. The minimum atomic E-state index is -3.03. The molecule has 2 aliphatic rings. The fourth-order valence-corrected chi connectivity index (χ4v) is 3.91. The van der Waals surface area contributed by atoms with E-state index in [1.165, 1.54) is 19.1 Å². The van der Waals surface area contributed by atoms with Crippen LogP contribution in [-0.2, 0) is 14.6 Å². The first-order valence-electron chi connectivity index (χ1n) is 7.66. The van der Waals surface area contributed by atoms with E-state index in [1.807, 2.05) is 0 Å². The molecule has 1 saturated carbocycles. The molecule has 0 bridgehead atoms. The Morgan fingerprint density at radius 1 is 1.30 bits per heavy atom. The van der Waals surface area contributed by atoms with Crippen LogP contribution in [0.25, 0.3) is 0 Å². The Bertz CT molecular complexity index is 443. The van der Waals surface area contributed by atoms with Crippen LogP contribution in [0.5, 0.6) is 0 Å². The lowest BCUT2D eigenvalue weighted by atomic mass is 10.0. The van der Waals surface area contributed by atoms with Crippen molar-refractivity contribution in [2.45, 2.75) is 57.7 Å². The molecule has 0 aromatic rings. The van der Waals surface area contributed by atoms with Crippen molar-refractivity contribution in [2.24, 2.45) is 5.92 Å². The lowest BCUT2D eigenvalue weighted by Gasteiger charge is -2.28. The summed E-state index contributed by atoms with van der Waals surface area (Å²) >= 11 is 0. The van der Waals surface area contributed by atoms with Crippen molar-refractivity contribution in [1.29, 1.82) is 0 Å². The van der Waals surface area contributed by atoms with Gasteiger partial charge in [-0.2, -0.15) is 0 Å². The van der Waals surface area contributed by atoms with Crippen molar-refractivity contribution in [3.05, 3.63) is 0 Å². The normalized spacial score (nSPS) is 28.5. The van der Waals surface area contributed by atoms with Crippen LogP contribution in [0.1, 0.15) is 45.4 Å². The molecule has 20 heavy (non-hydrogen) atoms. The highest BCUT2D eigenvalue weighted by Gasteiger charge is 2.42. The smallest absolute Gasteiger partial charge is 0.241 e. The van der Waals surface area contributed by atoms with E-state index < -0.39 is 9.84 Å². The van der Waals surface area contributed by atoms with Crippen LogP contribution < -0.4 is 5.32 Å². The van der Waals surface area contributed by atoms with Crippen LogP contribution in [0, 0.1) is 5.92 Å². The fourth-order valence-electron chi connectivity index (χ4n) is 3.38. The molecule has 6 heteroatoms. The molecule has 0 spiro atoms. The van der Waals surface area contributed by atoms with Gasteiger partial charge in [0.05, 0.1) is 18.0 Å². The van der Waals surface area contributed by atoms with E-state index in [2.05, 4.69) is 12.2 Å². The van der Waals surface area contributed by atoms with E-state index in [0.717, 1.165) is 25.7 Å². The maximum absolute atomic E-state index is 12.4. The molecule has 0 radical (unpaired) electrons. The van der Waals surface area contributed by atoms with Gasteiger partial charge in [0.1, 0.15) is 9.84 Å². The second-order valence-corrected chi connectivity index (χ2v) is 8.42. The van der Waals surface area contributed by atoms with Crippen LogP contribution in [0.15, 0.2) is 0 Å². The largest absolute Gasteiger partial charge is 0.324 e. The van der Waals surface area contributed by atoms with Crippen molar-refractivity contribution < 1.29 is 13.2 Å². The number of hydrogen-bond acceptors (Lipinski definition) is 4. The maximum Gasteiger partial charge on any atom is 0.241 e. The fraction of sp³-hybridized carbons (Fsp3) is 0.929. The first-order chi connectivity index (χ1) is 9.42. The number of rotatable bonds is 6. The molecule has 0 aromatic carbocycles. The zero-order chi connectivity index (χ0) is 14.8. The number of nitrogens with zero attached hydrogens (tertiary/aromatic N) is 1. The van der Waals surface area contributed by atoms with Gasteiger partial charge < -0.3 is 4.90 Å². The zero-order valence-corrected chi connectivity index (χ0v) is 13.3. The first kappa shape index (κ1) is 15.8. The molecule has 116 valence electrons.